The van der Waals surface area contributed by atoms with Crippen LogP contribution < -0.4 is 9.62 Å². The lowest BCUT2D eigenvalue weighted by Gasteiger charge is -2.21. The van der Waals surface area contributed by atoms with Crippen LogP contribution in [0.1, 0.15) is 18.4 Å². The Hall–Kier alpha value is -2.84. The Bertz CT molecular complexity index is 1230. The van der Waals surface area contributed by atoms with Crippen LogP contribution in [0.15, 0.2) is 47.5 Å². The summed E-state index contributed by atoms with van der Waals surface area (Å²) in [7, 11) is -1.06. The smallest absolute Gasteiger partial charge is 0.305 e. The zero-order valence-electron chi connectivity index (χ0n) is 18.0. The van der Waals surface area contributed by atoms with Gasteiger partial charge in [0.15, 0.2) is 0 Å². The monoisotopic (exact) mass is 515 g/mol. The van der Waals surface area contributed by atoms with E-state index < -0.39 is 33.2 Å². The number of aromatic nitrogens is 1. The maximum absolute atomic E-state index is 13.2. The van der Waals surface area contributed by atoms with Crippen LogP contribution in [0.4, 0.5) is 29.5 Å². The van der Waals surface area contributed by atoms with Gasteiger partial charge in [0.25, 0.3) is 5.91 Å². The Morgan fingerprint density at radius 3 is 2.35 bits per heavy atom. The number of rotatable bonds is 7. The maximum atomic E-state index is 13.2. The summed E-state index contributed by atoms with van der Waals surface area (Å²) in [6.07, 6.45) is 2.31. The van der Waals surface area contributed by atoms with Crippen LogP contribution in [-0.4, -0.2) is 59.7 Å². The van der Waals surface area contributed by atoms with Gasteiger partial charge in [-0.05, 0) is 66.6 Å². The predicted octanol–water partition coefficient (Wildman–Crippen LogP) is 3.41. The van der Waals surface area contributed by atoms with Crippen molar-refractivity contribution in [1.82, 2.24) is 14.2 Å². The van der Waals surface area contributed by atoms with Gasteiger partial charge in [0.2, 0.25) is 0 Å². The molecule has 2 aliphatic rings. The Morgan fingerprint density at radius 1 is 1.15 bits per heavy atom. The summed E-state index contributed by atoms with van der Waals surface area (Å²) in [6.45, 7) is 0.0301. The van der Waals surface area contributed by atoms with Gasteiger partial charge in [-0.3, -0.25) is 9.52 Å². The lowest BCUT2D eigenvalue weighted by molar-refractivity contribution is -0.120. The summed E-state index contributed by atoms with van der Waals surface area (Å²) in [6, 6.07) is 7.53. The number of amides is 3. The van der Waals surface area contributed by atoms with Gasteiger partial charge in [-0.15, -0.1) is 0 Å². The van der Waals surface area contributed by atoms with Gasteiger partial charge in [-0.25, -0.2) is 14.7 Å². The molecule has 4 rings (SSSR count). The third-order valence-electron chi connectivity index (χ3n) is 5.47. The van der Waals surface area contributed by atoms with Crippen LogP contribution in [0.3, 0.4) is 0 Å². The zero-order chi connectivity index (χ0) is 24.9. The summed E-state index contributed by atoms with van der Waals surface area (Å²) in [5, 5.41) is 0. The van der Waals surface area contributed by atoms with Crippen LogP contribution in [0.2, 0.25) is 0 Å². The van der Waals surface area contributed by atoms with Crippen LogP contribution in [-0.2, 0) is 21.5 Å². The molecule has 9 nitrogen and oxygen atoms in total. The van der Waals surface area contributed by atoms with E-state index in [9.17, 15) is 31.2 Å². The molecule has 0 unspecified atom stereocenters. The third-order valence-corrected chi connectivity index (χ3v) is 7.64. The predicted molar refractivity (Wildman–Crippen MR) is 119 cm³/mol. The van der Waals surface area contributed by atoms with E-state index in [1.165, 1.54) is 55.5 Å². The number of halogens is 3. The molecule has 0 radical (unpaired) electrons. The molecular formula is C20H20F3N5O4S2. The highest BCUT2D eigenvalue weighted by Gasteiger charge is 2.65. The van der Waals surface area contributed by atoms with Gasteiger partial charge >= 0.3 is 21.7 Å². The minimum absolute atomic E-state index is 0.0301. The fraction of sp³-hybridized carbons (Fsp3) is 0.350. The van der Waals surface area contributed by atoms with E-state index in [1.807, 2.05) is 0 Å². The first-order valence-electron chi connectivity index (χ1n) is 10.00. The van der Waals surface area contributed by atoms with E-state index in [2.05, 4.69) is 9.71 Å². The average molecular weight is 516 g/mol. The Labute approximate surface area is 198 Å². The number of hydrogen-bond donors (Lipinski definition) is 1. The first-order valence-corrected chi connectivity index (χ1v) is 12.3. The number of pyridine rings is 1. The van der Waals surface area contributed by atoms with E-state index >= 15 is 0 Å². The summed E-state index contributed by atoms with van der Waals surface area (Å²) in [5.74, 6) is -0.375. The van der Waals surface area contributed by atoms with Crippen molar-refractivity contribution >= 4 is 45.4 Å². The van der Waals surface area contributed by atoms with Crippen molar-refractivity contribution < 1.29 is 31.2 Å². The fourth-order valence-corrected chi connectivity index (χ4v) is 4.69. The van der Waals surface area contributed by atoms with Crippen LogP contribution in [0.25, 0.3) is 0 Å². The van der Waals surface area contributed by atoms with E-state index in [4.69, 9.17) is 0 Å². The van der Waals surface area contributed by atoms with Gasteiger partial charge < -0.3 is 4.90 Å². The molecular weight excluding hydrogens is 495 g/mol. The molecule has 1 saturated carbocycles. The van der Waals surface area contributed by atoms with Crippen molar-refractivity contribution in [2.75, 3.05) is 23.7 Å². The first kappa shape index (κ1) is 24.3. The second kappa shape index (κ2) is 8.43. The number of anilines is 2. The first-order chi connectivity index (χ1) is 15.8. The van der Waals surface area contributed by atoms with Crippen molar-refractivity contribution in [3.05, 3.63) is 48.2 Å². The Kier molecular flexibility index (Phi) is 6.02. The van der Waals surface area contributed by atoms with Gasteiger partial charge in [0.05, 0.1) is 5.69 Å². The molecule has 1 N–H and O–H groups in total. The number of alkyl halides is 3. The standard InChI is InChI=1S/C20H20F3N5O4S2/c1-26(2)34(31,32)25-16-11-13(7-10-24-16)12-27-18(30)28(17(29)19(27)8-9-19)14-3-5-15(6-4-14)33-20(21,22)23/h3-7,10-11H,8-9,12H2,1-2H3,(H,24,25). The number of imide groups is 1. The average Bonchev–Trinajstić information content (AvgIpc) is 3.50. The van der Waals surface area contributed by atoms with Crippen molar-refractivity contribution in [2.24, 2.45) is 0 Å². The van der Waals surface area contributed by atoms with Crippen LogP contribution in [0.5, 0.6) is 0 Å². The van der Waals surface area contributed by atoms with Crippen molar-refractivity contribution in [1.29, 1.82) is 0 Å². The van der Waals surface area contributed by atoms with Crippen LogP contribution >= 0.6 is 11.8 Å². The molecule has 14 heteroatoms. The van der Waals surface area contributed by atoms with Gasteiger partial charge in [-0.2, -0.15) is 25.9 Å². The summed E-state index contributed by atoms with van der Waals surface area (Å²) >= 11 is -0.282. The minimum Gasteiger partial charge on any atom is -0.305 e. The number of hydrogen-bond acceptors (Lipinski definition) is 6. The van der Waals surface area contributed by atoms with E-state index in [1.54, 1.807) is 6.07 Å². The number of carbonyl (C=O) groups excluding carboxylic acids is 2. The molecule has 1 aliphatic heterocycles. The van der Waals surface area contributed by atoms with Gasteiger partial charge in [0, 0.05) is 31.7 Å². The van der Waals surface area contributed by atoms with Crippen LogP contribution in [0, 0.1) is 0 Å². The molecule has 2 fully saturated rings. The van der Waals surface area contributed by atoms with Crippen molar-refractivity contribution in [3.63, 3.8) is 0 Å². The maximum Gasteiger partial charge on any atom is 0.446 e. The van der Waals surface area contributed by atoms with Gasteiger partial charge in [-0.1, -0.05) is 0 Å². The number of benzene rings is 1. The molecule has 0 atom stereocenters. The largest absolute Gasteiger partial charge is 0.446 e. The fourth-order valence-electron chi connectivity index (χ4n) is 3.59. The lowest BCUT2D eigenvalue weighted by atomic mass is 10.2. The highest BCUT2D eigenvalue weighted by molar-refractivity contribution is 8.00. The Balaban J connectivity index is 1.55. The van der Waals surface area contributed by atoms with Crippen molar-refractivity contribution in [2.45, 2.75) is 35.3 Å². The molecule has 2 heterocycles. The number of urea groups is 1. The molecule has 3 amide bonds. The summed E-state index contributed by atoms with van der Waals surface area (Å²) in [4.78, 5) is 32.6. The molecule has 182 valence electrons. The lowest BCUT2D eigenvalue weighted by Crippen LogP contribution is -2.36. The molecule has 2 aromatic rings. The normalized spacial score (nSPS) is 17.7. The number of carbonyl (C=O) groups is 2. The zero-order valence-corrected chi connectivity index (χ0v) is 19.7. The van der Waals surface area contributed by atoms with Crippen molar-refractivity contribution in [3.8, 4) is 0 Å². The number of nitrogens with zero attached hydrogens (tertiary/aromatic N) is 4. The third kappa shape index (κ3) is 4.70. The second-order valence-corrected chi connectivity index (χ2v) is 11.0. The molecule has 1 aromatic heterocycles. The molecule has 1 aromatic carbocycles. The van der Waals surface area contributed by atoms with E-state index in [0.29, 0.717) is 18.4 Å². The molecule has 0 bridgehead atoms. The quantitative estimate of drug-likeness (QED) is 0.448. The molecule has 1 aliphatic carbocycles. The molecule has 1 saturated heterocycles. The minimum atomic E-state index is -4.44. The highest BCUT2D eigenvalue weighted by atomic mass is 32.2. The number of thioether (sulfide) groups is 1. The number of nitrogens with one attached hydrogen (secondary N) is 1. The molecule has 1 spiro atoms. The topological polar surface area (TPSA) is 103 Å². The van der Waals surface area contributed by atoms with E-state index in [-0.39, 0.29) is 34.7 Å². The molecule has 34 heavy (non-hydrogen) atoms. The second-order valence-electron chi connectivity index (χ2n) is 8.02. The SMILES string of the molecule is CN(C)S(=O)(=O)Nc1cc(CN2C(=O)N(c3ccc(SC(F)(F)F)cc3)C(=O)C23CC3)ccn1. The summed E-state index contributed by atoms with van der Waals surface area (Å²) in [5.41, 5.74) is -4.72. The summed E-state index contributed by atoms with van der Waals surface area (Å²) < 4.78 is 65.2. The highest BCUT2D eigenvalue weighted by Crippen LogP contribution is 2.50. The van der Waals surface area contributed by atoms with E-state index in [0.717, 1.165) is 9.21 Å². The van der Waals surface area contributed by atoms with Gasteiger partial charge in [0.1, 0.15) is 11.4 Å². The Morgan fingerprint density at radius 2 is 1.79 bits per heavy atom.